The number of ether oxygens (including phenoxy) is 1. The lowest BCUT2D eigenvalue weighted by atomic mass is 9.66. The van der Waals surface area contributed by atoms with E-state index < -0.39 is 6.36 Å². The van der Waals surface area contributed by atoms with Crippen LogP contribution in [0.2, 0.25) is 0 Å². The zero-order valence-electron chi connectivity index (χ0n) is 23.7. The van der Waals surface area contributed by atoms with Crippen LogP contribution >= 0.6 is 0 Å². The molecule has 0 saturated heterocycles. The summed E-state index contributed by atoms with van der Waals surface area (Å²) in [5, 5.41) is 11.0. The monoisotopic (exact) mass is 559 g/mol. The standard InChI is InChI=1S/C31H40F3N3O3/c1-5-21-18-23(16-20(4)28(21)35-15-9-10-24(6-2)36-38)19(3)17-26-29(37-40-30(26)22-13-14-22)25-11-7-8-12-27(25)39-31(32,33)34/h6-12,19-23,28,35H,5,13-18H2,1-4H3/b10-9-,24-6+. The van der Waals surface area contributed by atoms with Gasteiger partial charge in [0, 0.05) is 29.6 Å². The molecule has 2 aliphatic rings. The maximum atomic E-state index is 13.1. The molecule has 40 heavy (non-hydrogen) atoms. The summed E-state index contributed by atoms with van der Waals surface area (Å²) in [6.45, 7) is 9.23. The number of para-hydroxylation sites is 1. The van der Waals surface area contributed by atoms with Crippen LogP contribution in [0, 0.1) is 28.6 Å². The molecule has 1 aromatic carbocycles. The van der Waals surface area contributed by atoms with Crippen LogP contribution in [-0.4, -0.2) is 24.1 Å². The molecule has 1 aromatic heterocycles. The Kier molecular flexibility index (Phi) is 9.87. The highest BCUT2D eigenvalue weighted by atomic mass is 19.4. The Labute approximate surface area is 234 Å². The Bertz CT molecular complexity index is 1200. The zero-order valence-corrected chi connectivity index (χ0v) is 23.7. The van der Waals surface area contributed by atoms with Gasteiger partial charge in [-0.25, -0.2) is 0 Å². The zero-order chi connectivity index (χ0) is 28.9. The highest BCUT2D eigenvalue weighted by Crippen LogP contribution is 2.47. The number of hydrogen-bond acceptors (Lipinski definition) is 6. The van der Waals surface area contributed by atoms with E-state index in [-0.39, 0.29) is 11.7 Å². The summed E-state index contributed by atoms with van der Waals surface area (Å²) in [5.41, 5.74) is 2.11. The van der Waals surface area contributed by atoms with Crippen molar-refractivity contribution in [3.63, 3.8) is 0 Å². The summed E-state index contributed by atoms with van der Waals surface area (Å²) in [6, 6.07) is 6.54. The van der Waals surface area contributed by atoms with Crippen LogP contribution in [0.3, 0.4) is 0 Å². The molecule has 1 N–H and O–H groups in total. The summed E-state index contributed by atoms with van der Waals surface area (Å²) < 4.78 is 49.6. The fourth-order valence-corrected chi connectivity index (χ4v) is 6.30. The van der Waals surface area contributed by atoms with E-state index in [0.717, 1.165) is 43.4 Å². The quantitative estimate of drug-likeness (QED) is 0.208. The van der Waals surface area contributed by atoms with E-state index in [1.807, 2.05) is 6.08 Å². The number of allylic oxidation sites excluding steroid dienone is 2. The van der Waals surface area contributed by atoms with Crippen molar-refractivity contribution in [3.8, 4) is 17.0 Å². The van der Waals surface area contributed by atoms with Gasteiger partial charge in [-0.15, -0.1) is 18.1 Å². The first kappa shape index (κ1) is 30.0. The van der Waals surface area contributed by atoms with E-state index in [2.05, 4.69) is 41.2 Å². The number of benzene rings is 1. The third-order valence-corrected chi connectivity index (χ3v) is 8.55. The van der Waals surface area contributed by atoms with E-state index in [1.54, 1.807) is 31.2 Å². The lowest BCUT2D eigenvalue weighted by molar-refractivity contribution is -0.274. The molecule has 2 fully saturated rings. The maximum Gasteiger partial charge on any atom is 0.573 e. The lowest BCUT2D eigenvalue weighted by Gasteiger charge is -2.43. The van der Waals surface area contributed by atoms with Crippen molar-refractivity contribution in [1.82, 2.24) is 10.5 Å². The number of aromatic nitrogens is 1. The Morgan fingerprint density at radius 2 is 2.02 bits per heavy atom. The highest BCUT2D eigenvalue weighted by Gasteiger charge is 2.39. The fraction of sp³-hybridized carbons (Fsp3) is 0.581. The van der Waals surface area contributed by atoms with Gasteiger partial charge < -0.3 is 14.6 Å². The molecule has 0 aliphatic heterocycles. The molecule has 2 aliphatic carbocycles. The van der Waals surface area contributed by atoms with Crippen molar-refractivity contribution in [3.05, 3.63) is 64.4 Å². The summed E-state index contributed by atoms with van der Waals surface area (Å²) in [6.07, 6.45) is 6.48. The lowest BCUT2D eigenvalue weighted by Crippen LogP contribution is -2.47. The van der Waals surface area contributed by atoms with Crippen LogP contribution in [0.15, 0.2) is 57.9 Å². The van der Waals surface area contributed by atoms with Gasteiger partial charge in [-0.05, 0) is 86.1 Å². The highest BCUT2D eigenvalue weighted by molar-refractivity contribution is 5.70. The van der Waals surface area contributed by atoms with E-state index in [0.29, 0.717) is 59.6 Å². The largest absolute Gasteiger partial charge is 0.573 e. The molecule has 1 heterocycles. The summed E-state index contributed by atoms with van der Waals surface area (Å²) >= 11 is 0. The Morgan fingerprint density at radius 1 is 1.27 bits per heavy atom. The third kappa shape index (κ3) is 7.42. The van der Waals surface area contributed by atoms with Crippen molar-refractivity contribution in [2.24, 2.45) is 28.8 Å². The Hall–Kier alpha value is -2.94. The third-order valence-electron chi connectivity index (χ3n) is 8.55. The van der Waals surface area contributed by atoms with Gasteiger partial charge in [0.1, 0.15) is 22.9 Å². The van der Waals surface area contributed by atoms with Gasteiger partial charge in [0.25, 0.3) is 0 Å². The van der Waals surface area contributed by atoms with Crippen LogP contribution in [0.4, 0.5) is 13.2 Å². The molecule has 2 aromatic rings. The molecule has 0 bridgehead atoms. The number of alkyl halides is 3. The van der Waals surface area contributed by atoms with Crippen LogP contribution < -0.4 is 10.1 Å². The van der Waals surface area contributed by atoms with Crippen molar-refractivity contribution >= 4 is 0 Å². The van der Waals surface area contributed by atoms with Crippen LogP contribution in [0.1, 0.15) is 77.0 Å². The summed E-state index contributed by atoms with van der Waals surface area (Å²) in [7, 11) is 0. The minimum absolute atomic E-state index is 0.259. The summed E-state index contributed by atoms with van der Waals surface area (Å²) in [4.78, 5) is 10.8. The molecule has 6 nitrogen and oxygen atoms in total. The molecular formula is C31H40F3N3O3. The van der Waals surface area contributed by atoms with Gasteiger partial charge in [0.2, 0.25) is 0 Å². The minimum Gasteiger partial charge on any atom is -0.405 e. The van der Waals surface area contributed by atoms with E-state index in [9.17, 15) is 18.1 Å². The van der Waals surface area contributed by atoms with Gasteiger partial charge >= 0.3 is 6.36 Å². The fourth-order valence-electron chi connectivity index (χ4n) is 6.30. The van der Waals surface area contributed by atoms with Crippen molar-refractivity contribution < 1.29 is 22.4 Å². The molecule has 2 saturated carbocycles. The average Bonchev–Trinajstić information content (AvgIpc) is 3.68. The first-order valence-electron chi connectivity index (χ1n) is 14.4. The summed E-state index contributed by atoms with van der Waals surface area (Å²) in [5.74, 6) is 2.57. The number of nitrogens with one attached hydrogen (secondary N) is 1. The van der Waals surface area contributed by atoms with Gasteiger partial charge in [-0.1, -0.05) is 56.6 Å². The number of nitroso groups, excluding NO2 is 1. The molecule has 5 unspecified atom stereocenters. The predicted octanol–water partition coefficient (Wildman–Crippen LogP) is 8.55. The van der Waals surface area contributed by atoms with Crippen LogP contribution in [0.5, 0.6) is 5.75 Å². The van der Waals surface area contributed by atoms with Gasteiger partial charge in [0.15, 0.2) is 0 Å². The maximum absolute atomic E-state index is 13.1. The van der Waals surface area contributed by atoms with Crippen molar-refractivity contribution in [2.45, 2.75) is 84.5 Å². The molecule has 9 heteroatoms. The van der Waals surface area contributed by atoms with Gasteiger partial charge in [-0.3, -0.25) is 0 Å². The Morgan fingerprint density at radius 3 is 2.67 bits per heavy atom. The minimum atomic E-state index is -4.79. The van der Waals surface area contributed by atoms with Crippen molar-refractivity contribution in [2.75, 3.05) is 6.54 Å². The van der Waals surface area contributed by atoms with Crippen LogP contribution in [-0.2, 0) is 6.42 Å². The molecule has 0 amide bonds. The second kappa shape index (κ2) is 13.1. The van der Waals surface area contributed by atoms with Gasteiger partial charge in [0.05, 0.1) is 0 Å². The number of nitrogens with zero attached hydrogens (tertiary/aromatic N) is 2. The average molecular weight is 560 g/mol. The number of halogens is 3. The molecule has 0 radical (unpaired) electrons. The molecule has 5 atom stereocenters. The SMILES string of the molecule is C/C=C(\C=C/CNC1C(C)CC(C(C)Cc2c(-c3ccccc3OC(F)(F)F)noc2C2CC2)CC1CC)N=O. The van der Waals surface area contributed by atoms with Crippen molar-refractivity contribution in [1.29, 1.82) is 0 Å². The second-order valence-corrected chi connectivity index (χ2v) is 11.4. The van der Waals surface area contributed by atoms with Crippen LogP contribution in [0.25, 0.3) is 11.3 Å². The molecule has 4 rings (SSSR count). The predicted molar refractivity (Wildman–Crippen MR) is 150 cm³/mol. The van der Waals surface area contributed by atoms with E-state index in [1.165, 1.54) is 12.1 Å². The normalized spacial score (nSPS) is 24.8. The smallest absolute Gasteiger partial charge is 0.405 e. The molecular weight excluding hydrogens is 519 g/mol. The van der Waals surface area contributed by atoms with E-state index >= 15 is 0 Å². The molecule has 218 valence electrons. The number of hydrogen-bond donors (Lipinski definition) is 1. The topological polar surface area (TPSA) is 76.7 Å². The van der Waals surface area contributed by atoms with Gasteiger partial charge in [-0.2, -0.15) is 0 Å². The van der Waals surface area contributed by atoms with E-state index in [4.69, 9.17) is 4.52 Å². The number of rotatable bonds is 12. The Balaban J connectivity index is 1.50. The second-order valence-electron chi connectivity index (χ2n) is 11.4. The first-order valence-corrected chi connectivity index (χ1v) is 14.4. The first-order chi connectivity index (χ1) is 19.1. The molecule has 0 spiro atoms.